The summed E-state index contributed by atoms with van der Waals surface area (Å²) in [5.74, 6) is 0. The Balaban J connectivity index is 0. The summed E-state index contributed by atoms with van der Waals surface area (Å²) >= 11 is 0. The molecule has 0 nitrogen and oxygen atoms in total. The number of hydrogen-bond donors (Lipinski definition) is 0. The summed E-state index contributed by atoms with van der Waals surface area (Å²) in [6, 6.07) is 0. The maximum Gasteiger partial charge on any atom is 0.316 e. The number of hydrogen-bond acceptors (Lipinski definition) is 0. The monoisotopic (exact) mass is 220 g/mol. The fourth-order valence-electron chi connectivity index (χ4n) is 0. The molecular formula is H8CaFeMgSiZn. The van der Waals surface area contributed by atoms with Gasteiger partial charge in [-0.3, -0.25) is 0 Å². The molecular weight excluding hydrogens is 214 g/mol. The van der Waals surface area contributed by atoms with E-state index in [2.05, 4.69) is 0 Å². The van der Waals surface area contributed by atoms with E-state index < -0.39 is 0 Å². The third kappa shape index (κ3) is 18.7. The molecule has 0 aromatic rings. The fourth-order valence-corrected chi connectivity index (χ4v) is 0. The van der Waals surface area contributed by atoms with Crippen LogP contribution in [0.15, 0.2) is 0 Å². The van der Waals surface area contributed by atoms with Crippen LogP contribution in [0.1, 0.15) is 0 Å². The zero-order chi connectivity index (χ0) is 0. The van der Waals surface area contributed by atoms with E-state index in [0.717, 1.165) is 0 Å². The van der Waals surface area contributed by atoms with E-state index in [1.165, 1.54) is 0 Å². The van der Waals surface area contributed by atoms with Crippen molar-refractivity contribution in [1.82, 2.24) is 0 Å². The van der Waals surface area contributed by atoms with Gasteiger partial charge in [-0.1, -0.05) is 0 Å². The summed E-state index contributed by atoms with van der Waals surface area (Å²) < 4.78 is 0. The summed E-state index contributed by atoms with van der Waals surface area (Å²) in [7, 11) is 0. The minimum atomic E-state index is 0. The van der Waals surface area contributed by atoms with Gasteiger partial charge in [-0.05, 0) is 11.0 Å². The molecule has 0 aromatic heterocycles. The number of rotatable bonds is 0. The van der Waals surface area contributed by atoms with Crippen LogP contribution in [0.5, 0.6) is 0 Å². The van der Waals surface area contributed by atoms with E-state index in [4.69, 9.17) is 0 Å². The summed E-state index contributed by atoms with van der Waals surface area (Å²) in [6.07, 6.45) is 0. The molecule has 0 N–H and O–H groups in total. The second-order valence-electron chi connectivity index (χ2n) is 0. The van der Waals surface area contributed by atoms with Crippen LogP contribution in [0, 0.1) is 0 Å². The zero-order valence-electron chi connectivity index (χ0n) is 1.06. The van der Waals surface area contributed by atoms with E-state index in [0.29, 0.717) is 0 Å². The second kappa shape index (κ2) is 26.3. The smallest absolute Gasteiger partial charge is 0.0149 e. The molecule has 0 aromatic carbocycles. The Hall–Kier alpha value is 3.39. The third-order valence-electron chi connectivity index (χ3n) is 0. The van der Waals surface area contributed by atoms with Gasteiger partial charge in [-0.2, -0.15) is 0 Å². The molecule has 0 radical (unpaired) electrons. The Morgan fingerprint density at radius 2 is 1.00 bits per heavy atom. The largest absolute Gasteiger partial charge is 0.316 e. The van der Waals surface area contributed by atoms with Gasteiger partial charge in [0, 0.05) is 36.5 Å². The molecule has 0 fully saturated rings. The van der Waals surface area contributed by atoms with Crippen molar-refractivity contribution in [3.63, 3.8) is 0 Å². The van der Waals surface area contributed by atoms with E-state index in [1.54, 1.807) is 0 Å². The van der Waals surface area contributed by atoms with Gasteiger partial charge in [0.25, 0.3) is 0 Å². The Labute approximate surface area is 106 Å². The van der Waals surface area contributed by atoms with Crippen LogP contribution in [-0.4, -0.2) is 71.8 Å². The molecule has 0 saturated carbocycles. The maximum absolute atomic E-state index is 0. The average molecular weight is 222 g/mol. The van der Waals surface area contributed by atoms with Gasteiger partial charge >= 0.3 is 60.8 Å². The van der Waals surface area contributed by atoms with Gasteiger partial charge in [0.15, 0.2) is 0 Å². The van der Waals surface area contributed by atoms with E-state index in [9.17, 15) is 0 Å². The molecule has 0 aliphatic carbocycles. The Bertz CT molecular complexity index is 11.6. The Morgan fingerprint density at radius 3 is 1.00 bits per heavy atom. The molecule has 0 unspecified atom stereocenters. The predicted molar refractivity (Wildman–Crippen MR) is 28.4 cm³/mol. The summed E-state index contributed by atoms with van der Waals surface area (Å²) in [5, 5.41) is 0. The van der Waals surface area contributed by atoms with Crippen molar-refractivity contribution < 1.29 is 36.5 Å². The van der Waals surface area contributed by atoms with Crippen LogP contribution in [-0.2, 0) is 36.5 Å². The molecule has 0 heterocycles. The molecule has 0 spiro atoms. The van der Waals surface area contributed by atoms with E-state index >= 15 is 0 Å². The molecule has 5 heavy (non-hydrogen) atoms. The second-order valence-corrected chi connectivity index (χ2v) is 0. The third-order valence-corrected chi connectivity index (χ3v) is 0. The molecule has 0 aliphatic rings. The maximum atomic E-state index is 0. The summed E-state index contributed by atoms with van der Waals surface area (Å²) in [5.41, 5.74) is 0. The van der Waals surface area contributed by atoms with Crippen molar-refractivity contribution in [1.29, 1.82) is 0 Å². The fraction of sp³-hybridized carbons (Fsp3) is 0. The molecule has 0 amide bonds. The summed E-state index contributed by atoms with van der Waals surface area (Å²) in [6.45, 7) is 0. The standard InChI is InChI=1S/Ca.Fe.Mg.H4Si.Zn.4H/h;;;1H4;;;;;. The minimum absolute atomic E-state index is 0. The van der Waals surface area contributed by atoms with Gasteiger partial charge in [0.05, 0.1) is 0 Å². The molecule has 0 bridgehead atoms. The SMILES string of the molecule is [CaH2].[Fe].[MgH2].[SiH4].[Zn]. The molecule has 0 rings (SSSR count). The van der Waals surface area contributed by atoms with Gasteiger partial charge in [-0.15, -0.1) is 0 Å². The Morgan fingerprint density at radius 1 is 1.00 bits per heavy atom. The molecule has 0 saturated heterocycles. The first-order valence-electron chi connectivity index (χ1n) is 0. The van der Waals surface area contributed by atoms with E-state index in [1.807, 2.05) is 0 Å². The minimum Gasteiger partial charge on any atom is -0.0149 e. The van der Waals surface area contributed by atoms with Crippen LogP contribution in [0.2, 0.25) is 0 Å². The van der Waals surface area contributed by atoms with Gasteiger partial charge < -0.3 is 0 Å². The van der Waals surface area contributed by atoms with Crippen LogP contribution in [0.4, 0.5) is 0 Å². The van der Waals surface area contributed by atoms with Gasteiger partial charge in [0.2, 0.25) is 0 Å². The molecule has 0 aliphatic heterocycles. The quantitative estimate of drug-likeness (QED) is 0.377. The van der Waals surface area contributed by atoms with Crippen molar-refractivity contribution in [3.05, 3.63) is 0 Å². The molecule has 26 valence electrons. The molecule has 0 atom stereocenters. The predicted octanol–water partition coefficient (Wildman–Crippen LogP) is -3.29. The van der Waals surface area contributed by atoms with Crippen LogP contribution in [0.25, 0.3) is 0 Å². The van der Waals surface area contributed by atoms with Crippen molar-refractivity contribution in [3.8, 4) is 0 Å². The van der Waals surface area contributed by atoms with Crippen molar-refractivity contribution >= 4 is 71.8 Å². The van der Waals surface area contributed by atoms with Crippen molar-refractivity contribution in [2.45, 2.75) is 0 Å². The normalized spacial score (nSPS) is 0. The van der Waals surface area contributed by atoms with Crippen LogP contribution < -0.4 is 0 Å². The first kappa shape index (κ1) is 39.9. The zero-order valence-corrected chi connectivity index (χ0v) is 5.13. The molecule has 5 heteroatoms. The van der Waals surface area contributed by atoms with Crippen LogP contribution in [0.3, 0.4) is 0 Å². The first-order valence-corrected chi connectivity index (χ1v) is 0. The van der Waals surface area contributed by atoms with E-state index in [-0.39, 0.29) is 108 Å². The van der Waals surface area contributed by atoms with Crippen LogP contribution >= 0.6 is 0 Å². The van der Waals surface area contributed by atoms with Crippen molar-refractivity contribution in [2.24, 2.45) is 0 Å². The van der Waals surface area contributed by atoms with Crippen molar-refractivity contribution in [2.75, 3.05) is 0 Å². The summed E-state index contributed by atoms with van der Waals surface area (Å²) in [4.78, 5) is 0. The van der Waals surface area contributed by atoms with Gasteiger partial charge in [-0.25, -0.2) is 0 Å². The average Bonchev–Trinajstić information content (AvgIpc) is 0. The Kier molecular flexibility index (Phi) is 210. The first-order chi connectivity index (χ1) is 0. The topological polar surface area (TPSA) is 0 Å². The van der Waals surface area contributed by atoms with Gasteiger partial charge in [0.1, 0.15) is 0 Å².